The van der Waals surface area contributed by atoms with E-state index in [1.165, 1.54) is 7.11 Å². The van der Waals surface area contributed by atoms with Gasteiger partial charge < -0.3 is 15.2 Å². The molecule has 0 unspecified atom stereocenters. The Bertz CT molecular complexity index is 590. The molecule has 2 aromatic carbocycles. The first-order chi connectivity index (χ1) is 9.10. The number of aromatic hydroxyl groups is 1. The standard InChI is InChI=1S/C14H13BrClNO2/c1-19-14-5-4-11(7-13(14)18)17-8-9-2-3-10(15)6-12(9)16/h2-7,17-18H,8H2,1H3. The molecule has 2 aromatic rings. The van der Waals surface area contributed by atoms with Crippen LogP contribution in [0.2, 0.25) is 5.02 Å². The van der Waals surface area contributed by atoms with Crippen LogP contribution in [0.3, 0.4) is 0 Å². The van der Waals surface area contributed by atoms with Gasteiger partial charge in [-0.15, -0.1) is 0 Å². The lowest BCUT2D eigenvalue weighted by Crippen LogP contribution is -2.00. The monoisotopic (exact) mass is 341 g/mol. The smallest absolute Gasteiger partial charge is 0.160 e. The van der Waals surface area contributed by atoms with Gasteiger partial charge in [-0.3, -0.25) is 0 Å². The molecule has 0 atom stereocenters. The second-order valence-corrected chi connectivity index (χ2v) is 5.30. The average molecular weight is 343 g/mol. The molecule has 2 N–H and O–H groups in total. The Morgan fingerprint density at radius 1 is 1.26 bits per heavy atom. The molecule has 5 heteroatoms. The fraction of sp³-hybridized carbons (Fsp3) is 0.143. The fourth-order valence-electron chi connectivity index (χ4n) is 1.66. The number of phenols is 1. The number of anilines is 1. The van der Waals surface area contributed by atoms with Crippen molar-refractivity contribution in [3.05, 3.63) is 51.5 Å². The van der Waals surface area contributed by atoms with Gasteiger partial charge in [0.25, 0.3) is 0 Å². The number of nitrogens with one attached hydrogen (secondary N) is 1. The molecule has 0 radical (unpaired) electrons. The predicted molar refractivity (Wildman–Crippen MR) is 81.1 cm³/mol. The molecule has 0 aliphatic rings. The van der Waals surface area contributed by atoms with E-state index < -0.39 is 0 Å². The summed E-state index contributed by atoms with van der Waals surface area (Å²) >= 11 is 9.50. The van der Waals surface area contributed by atoms with Crippen LogP contribution in [-0.4, -0.2) is 12.2 Å². The minimum atomic E-state index is 0.106. The highest BCUT2D eigenvalue weighted by Gasteiger charge is 2.04. The molecule has 100 valence electrons. The summed E-state index contributed by atoms with van der Waals surface area (Å²) < 4.78 is 5.94. The Hall–Kier alpha value is -1.39. The predicted octanol–water partition coefficient (Wildman–Crippen LogP) is 4.43. The molecule has 0 spiro atoms. The number of phenolic OH excluding ortho intramolecular Hbond substituents is 1. The van der Waals surface area contributed by atoms with Gasteiger partial charge in [0.1, 0.15) is 0 Å². The number of methoxy groups -OCH3 is 1. The van der Waals surface area contributed by atoms with Crippen molar-refractivity contribution >= 4 is 33.2 Å². The molecule has 0 heterocycles. The van der Waals surface area contributed by atoms with E-state index in [1.807, 2.05) is 24.3 Å². The van der Waals surface area contributed by atoms with Crippen LogP contribution in [0, 0.1) is 0 Å². The van der Waals surface area contributed by atoms with Gasteiger partial charge in [-0.05, 0) is 29.8 Å². The van der Waals surface area contributed by atoms with E-state index in [1.54, 1.807) is 12.1 Å². The van der Waals surface area contributed by atoms with Crippen molar-refractivity contribution in [2.45, 2.75) is 6.54 Å². The quantitative estimate of drug-likeness (QED) is 0.863. The van der Waals surface area contributed by atoms with E-state index in [4.69, 9.17) is 16.3 Å². The molecule has 0 fully saturated rings. The fourth-order valence-corrected chi connectivity index (χ4v) is 2.40. The zero-order chi connectivity index (χ0) is 13.8. The summed E-state index contributed by atoms with van der Waals surface area (Å²) in [4.78, 5) is 0. The number of hydrogen-bond acceptors (Lipinski definition) is 3. The largest absolute Gasteiger partial charge is 0.504 e. The number of hydrogen-bond donors (Lipinski definition) is 2. The molecule has 0 aromatic heterocycles. The summed E-state index contributed by atoms with van der Waals surface area (Å²) in [6, 6.07) is 10.9. The van der Waals surface area contributed by atoms with Gasteiger partial charge in [-0.2, -0.15) is 0 Å². The van der Waals surface area contributed by atoms with Crippen LogP contribution in [0.15, 0.2) is 40.9 Å². The molecule has 3 nitrogen and oxygen atoms in total. The average Bonchev–Trinajstić information content (AvgIpc) is 2.38. The maximum Gasteiger partial charge on any atom is 0.160 e. The third-order valence-electron chi connectivity index (χ3n) is 2.68. The van der Waals surface area contributed by atoms with Crippen LogP contribution in [-0.2, 0) is 6.54 Å². The second-order valence-electron chi connectivity index (χ2n) is 3.98. The lowest BCUT2D eigenvalue weighted by molar-refractivity contribution is 0.373. The zero-order valence-electron chi connectivity index (χ0n) is 10.3. The first kappa shape index (κ1) is 14.0. The molecule has 0 bridgehead atoms. The van der Waals surface area contributed by atoms with E-state index in [-0.39, 0.29) is 5.75 Å². The molecule has 0 saturated heterocycles. The summed E-state index contributed by atoms with van der Waals surface area (Å²) in [5.74, 6) is 0.557. The highest BCUT2D eigenvalue weighted by atomic mass is 79.9. The van der Waals surface area contributed by atoms with E-state index >= 15 is 0 Å². The Labute approximate surface area is 125 Å². The molecular formula is C14H13BrClNO2. The molecule has 19 heavy (non-hydrogen) atoms. The van der Waals surface area contributed by atoms with Gasteiger partial charge in [0.05, 0.1) is 7.11 Å². The van der Waals surface area contributed by atoms with E-state index in [0.717, 1.165) is 15.7 Å². The summed E-state index contributed by atoms with van der Waals surface area (Å²) in [6.45, 7) is 0.581. The van der Waals surface area contributed by atoms with Crippen molar-refractivity contribution in [1.82, 2.24) is 0 Å². The SMILES string of the molecule is COc1ccc(NCc2ccc(Br)cc2Cl)cc1O. The van der Waals surface area contributed by atoms with Crippen LogP contribution in [0.25, 0.3) is 0 Å². The summed E-state index contributed by atoms with van der Waals surface area (Å²) in [6.07, 6.45) is 0. The number of rotatable bonds is 4. The topological polar surface area (TPSA) is 41.5 Å². The second kappa shape index (κ2) is 6.17. The van der Waals surface area contributed by atoms with Gasteiger partial charge in [0.2, 0.25) is 0 Å². The minimum absolute atomic E-state index is 0.106. The Balaban J connectivity index is 2.08. The zero-order valence-corrected chi connectivity index (χ0v) is 12.6. The molecule has 0 aliphatic carbocycles. The Kier molecular flexibility index (Phi) is 4.56. The summed E-state index contributed by atoms with van der Waals surface area (Å²) in [7, 11) is 1.52. The van der Waals surface area contributed by atoms with Crippen molar-refractivity contribution in [1.29, 1.82) is 0 Å². The molecule has 0 saturated carbocycles. The van der Waals surface area contributed by atoms with Crippen LogP contribution in [0.1, 0.15) is 5.56 Å². The molecule has 0 aliphatic heterocycles. The van der Waals surface area contributed by atoms with E-state index in [0.29, 0.717) is 17.3 Å². The van der Waals surface area contributed by atoms with Crippen LogP contribution in [0.4, 0.5) is 5.69 Å². The molecule has 0 amide bonds. The third-order valence-corrected chi connectivity index (χ3v) is 3.52. The summed E-state index contributed by atoms with van der Waals surface area (Å²) in [5, 5.41) is 13.6. The third kappa shape index (κ3) is 3.55. The van der Waals surface area contributed by atoms with Crippen LogP contribution < -0.4 is 10.1 Å². The van der Waals surface area contributed by atoms with Crippen molar-refractivity contribution in [2.75, 3.05) is 12.4 Å². The molecule has 2 rings (SSSR count). The molecular weight excluding hydrogens is 330 g/mol. The first-order valence-electron chi connectivity index (χ1n) is 5.65. The van der Waals surface area contributed by atoms with Gasteiger partial charge in [-0.25, -0.2) is 0 Å². The van der Waals surface area contributed by atoms with E-state index in [2.05, 4.69) is 21.2 Å². The summed E-state index contributed by atoms with van der Waals surface area (Å²) in [5.41, 5.74) is 1.79. The lowest BCUT2D eigenvalue weighted by Gasteiger charge is -2.10. The highest BCUT2D eigenvalue weighted by molar-refractivity contribution is 9.10. The Morgan fingerprint density at radius 2 is 2.05 bits per heavy atom. The minimum Gasteiger partial charge on any atom is -0.504 e. The van der Waals surface area contributed by atoms with Gasteiger partial charge >= 0.3 is 0 Å². The maximum atomic E-state index is 9.68. The van der Waals surface area contributed by atoms with Crippen molar-refractivity contribution in [3.63, 3.8) is 0 Å². The normalized spacial score (nSPS) is 10.3. The van der Waals surface area contributed by atoms with Crippen LogP contribution >= 0.6 is 27.5 Å². The van der Waals surface area contributed by atoms with Gasteiger partial charge in [-0.1, -0.05) is 33.6 Å². The number of benzene rings is 2. The van der Waals surface area contributed by atoms with Gasteiger partial charge in [0.15, 0.2) is 11.5 Å². The first-order valence-corrected chi connectivity index (χ1v) is 6.82. The van der Waals surface area contributed by atoms with Crippen molar-refractivity contribution < 1.29 is 9.84 Å². The van der Waals surface area contributed by atoms with Gasteiger partial charge in [0, 0.05) is 27.8 Å². The highest BCUT2D eigenvalue weighted by Crippen LogP contribution is 2.29. The van der Waals surface area contributed by atoms with E-state index in [9.17, 15) is 5.11 Å². The van der Waals surface area contributed by atoms with Crippen LogP contribution in [0.5, 0.6) is 11.5 Å². The number of halogens is 2. The van der Waals surface area contributed by atoms with Crippen molar-refractivity contribution in [3.8, 4) is 11.5 Å². The Morgan fingerprint density at radius 3 is 2.68 bits per heavy atom. The maximum absolute atomic E-state index is 9.68. The number of ether oxygens (including phenoxy) is 1. The van der Waals surface area contributed by atoms with Crippen molar-refractivity contribution in [2.24, 2.45) is 0 Å². The lowest BCUT2D eigenvalue weighted by atomic mass is 10.2.